The van der Waals surface area contributed by atoms with E-state index in [4.69, 9.17) is 13.7 Å². The second-order valence-electron chi connectivity index (χ2n) is 2.01. The zero-order valence-corrected chi connectivity index (χ0v) is 8.29. The Labute approximate surface area is 99.6 Å². The van der Waals surface area contributed by atoms with Crippen molar-refractivity contribution in [3.8, 4) is 0 Å². The summed E-state index contributed by atoms with van der Waals surface area (Å²) in [6, 6.07) is 2.83. The third-order valence-corrected chi connectivity index (χ3v) is 2.85. The van der Waals surface area contributed by atoms with Gasteiger partial charge >= 0.3 is 0 Å². The molecule has 3 heteroatoms. The molecule has 0 aromatic carbocycles. The van der Waals surface area contributed by atoms with Crippen LogP contribution in [0.1, 0.15) is 32.8 Å². The Morgan fingerprint density at radius 3 is 2.67 bits per heavy atom. The van der Waals surface area contributed by atoms with Crippen molar-refractivity contribution in [1.82, 2.24) is 0 Å². The summed E-state index contributed by atoms with van der Waals surface area (Å²) in [6.07, 6.45) is -9.95. The third kappa shape index (κ3) is 1.83. The van der Waals surface area contributed by atoms with Crippen LogP contribution < -0.4 is 4.90 Å². The predicted molar refractivity (Wildman–Crippen MR) is 58.1 cm³/mol. The fraction of sp³-hybridized carbons (Fsp3) is 0.556. The molecule has 1 aliphatic rings. The molecule has 1 fully saturated rings. The van der Waals surface area contributed by atoms with Crippen molar-refractivity contribution in [2.45, 2.75) is 19.1 Å². The molecule has 1 aromatic heterocycles. The topological polar surface area (TPSA) is 3.24 Å². The van der Waals surface area contributed by atoms with E-state index >= 15 is 0 Å². The minimum atomic E-state index is -3.38. The number of piperidine rings is 1. The molecular formula is C9H12BrNS. The maximum absolute atomic E-state index is 7.98. The van der Waals surface area contributed by atoms with Crippen molar-refractivity contribution in [2.75, 3.05) is 17.9 Å². The molecule has 0 unspecified atom stereocenters. The van der Waals surface area contributed by atoms with Gasteiger partial charge in [-0.25, -0.2) is 0 Å². The predicted octanol–water partition coefficient (Wildman–Crippen LogP) is 3.50. The lowest BCUT2D eigenvalue weighted by atomic mass is 10.1. The SMILES string of the molecule is [2H]C1([2H])N(c2ccc(Br)s2)C([2H])([2H])C([2H])([2H])C([2H])([2H])C1([2H])[2H]. The van der Waals surface area contributed by atoms with Gasteiger partial charge in [-0.15, -0.1) is 11.3 Å². The first kappa shape index (κ1) is 2.74. The maximum Gasteiger partial charge on any atom is 0.0920 e. The van der Waals surface area contributed by atoms with Crippen molar-refractivity contribution < 1.29 is 13.7 Å². The quantitative estimate of drug-likeness (QED) is 0.743. The van der Waals surface area contributed by atoms with Crippen LogP contribution in [0.2, 0.25) is 0 Å². The second kappa shape index (κ2) is 3.79. The summed E-state index contributed by atoms with van der Waals surface area (Å²) in [7, 11) is 0. The largest absolute Gasteiger partial charge is 0.363 e. The van der Waals surface area contributed by atoms with Crippen molar-refractivity contribution in [1.29, 1.82) is 0 Å². The first-order valence-electron chi connectivity index (χ1n) is 8.18. The summed E-state index contributed by atoms with van der Waals surface area (Å²) >= 11 is 4.05. The first-order chi connectivity index (χ1) is 9.62. The third-order valence-electron chi connectivity index (χ3n) is 1.24. The zero-order valence-electron chi connectivity index (χ0n) is 15.9. The molecule has 0 atom stereocenters. The molecule has 2 rings (SSSR count). The minimum absolute atomic E-state index is 0.0369. The summed E-state index contributed by atoms with van der Waals surface area (Å²) in [4.78, 5) is 0.358. The summed E-state index contributed by atoms with van der Waals surface area (Å²) in [5.74, 6) is 0. The van der Waals surface area contributed by atoms with Crippen LogP contribution in [0.5, 0.6) is 0 Å². The standard InChI is InChI=1S/C9H12BrNS/c10-8-4-5-9(12-8)11-6-2-1-3-7-11/h4-5H,1-3,6-7H2/i1D2,2D2,3D2,6D2,7D2. The Bertz CT molecular complexity index is 567. The van der Waals surface area contributed by atoms with Gasteiger partial charge < -0.3 is 4.90 Å². The molecule has 0 radical (unpaired) electrons. The van der Waals surface area contributed by atoms with Gasteiger partial charge in [-0.1, -0.05) is 0 Å². The molecule has 0 saturated carbocycles. The number of nitrogens with zero attached hydrogens (tertiary/aromatic N) is 1. The average molecular weight is 256 g/mol. The first-order valence-corrected chi connectivity index (χ1v) is 4.79. The van der Waals surface area contributed by atoms with E-state index in [1.54, 1.807) is 0 Å². The van der Waals surface area contributed by atoms with Crippen molar-refractivity contribution in [2.24, 2.45) is 0 Å². The molecule has 1 aromatic rings. The van der Waals surface area contributed by atoms with Gasteiger partial charge in [0.05, 0.1) is 8.79 Å². The van der Waals surface area contributed by atoms with Crippen LogP contribution in [0.3, 0.4) is 0 Å². The van der Waals surface area contributed by atoms with Gasteiger partial charge in [-0.3, -0.25) is 0 Å². The Morgan fingerprint density at radius 1 is 1.33 bits per heavy atom. The lowest BCUT2D eigenvalue weighted by Gasteiger charge is -2.26. The number of thiophene rings is 1. The highest BCUT2D eigenvalue weighted by atomic mass is 79.9. The van der Waals surface area contributed by atoms with Gasteiger partial charge in [0.25, 0.3) is 0 Å². The monoisotopic (exact) mass is 255 g/mol. The summed E-state index contributed by atoms with van der Waals surface area (Å²) in [5.41, 5.74) is 0. The Kier molecular flexibility index (Phi) is 0.865. The van der Waals surface area contributed by atoms with E-state index in [9.17, 15) is 0 Å². The highest BCUT2D eigenvalue weighted by Gasteiger charge is 2.11. The van der Waals surface area contributed by atoms with Gasteiger partial charge in [0, 0.05) is 26.7 Å². The van der Waals surface area contributed by atoms with E-state index in [1.807, 2.05) is 0 Å². The number of hydrogen-bond donors (Lipinski definition) is 0. The summed E-state index contributed by atoms with van der Waals surface area (Å²) in [5, 5.41) is -0.0369. The smallest absolute Gasteiger partial charge is 0.0920 e. The molecule has 0 bridgehead atoms. The molecule has 66 valence electrons. The molecule has 0 N–H and O–H groups in total. The van der Waals surface area contributed by atoms with Crippen molar-refractivity contribution in [3.63, 3.8) is 0 Å². The molecule has 1 aliphatic heterocycles. The Morgan fingerprint density at radius 2 is 2.08 bits per heavy atom. The van der Waals surface area contributed by atoms with E-state index in [0.717, 1.165) is 11.3 Å². The highest BCUT2D eigenvalue weighted by molar-refractivity contribution is 9.11. The fourth-order valence-electron chi connectivity index (χ4n) is 0.762. The molecule has 1 nitrogen and oxygen atoms in total. The van der Waals surface area contributed by atoms with E-state index in [1.165, 1.54) is 12.1 Å². The Hall–Kier alpha value is -0.0200. The Balaban J connectivity index is 2.77. The lowest BCUT2D eigenvalue weighted by Crippen LogP contribution is -2.28. The number of halogens is 1. The van der Waals surface area contributed by atoms with Crippen LogP contribution in [0.4, 0.5) is 5.00 Å². The molecule has 12 heavy (non-hydrogen) atoms. The van der Waals surface area contributed by atoms with Gasteiger partial charge in [-0.2, -0.15) is 0 Å². The van der Waals surface area contributed by atoms with Crippen molar-refractivity contribution >= 4 is 32.3 Å². The van der Waals surface area contributed by atoms with E-state index < -0.39 is 32.1 Å². The summed E-state index contributed by atoms with van der Waals surface area (Å²) < 4.78 is 79.1. The number of rotatable bonds is 1. The minimum Gasteiger partial charge on any atom is -0.363 e. The molecule has 1 saturated heterocycles. The van der Waals surface area contributed by atoms with Crippen LogP contribution in [0.25, 0.3) is 0 Å². The van der Waals surface area contributed by atoms with Crippen LogP contribution in [0.15, 0.2) is 15.9 Å². The van der Waals surface area contributed by atoms with Crippen LogP contribution in [-0.2, 0) is 0 Å². The molecule has 0 spiro atoms. The highest BCUT2D eigenvalue weighted by Crippen LogP contribution is 2.31. The normalized spacial score (nSPS) is 51.6. The van der Waals surface area contributed by atoms with Crippen LogP contribution in [-0.4, -0.2) is 13.0 Å². The fourth-order valence-corrected chi connectivity index (χ4v) is 2.05. The van der Waals surface area contributed by atoms with Gasteiger partial charge in [0.1, 0.15) is 0 Å². The number of hydrogen-bond acceptors (Lipinski definition) is 2. The molecule has 2 heterocycles. The van der Waals surface area contributed by atoms with Crippen molar-refractivity contribution in [3.05, 3.63) is 15.9 Å². The molecule has 0 aliphatic carbocycles. The van der Waals surface area contributed by atoms with E-state index in [-0.39, 0.29) is 5.00 Å². The van der Waals surface area contributed by atoms with Crippen LogP contribution >= 0.6 is 27.3 Å². The average Bonchev–Trinajstić information content (AvgIpc) is 2.72. The van der Waals surface area contributed by atoms with Crippen LogP contribution in [0, 0.1) is 0 Å². The number of anilines is 1. The van der Waals surface area contributed by atoms with Gasteiger partial charge in [0.2, 0.25) is 0 Å². The van der Waals surface area contributed by atoms with Gasteiger partial charge in [-0.05, 0) is 47.2 Å². The van der Waals surface area contributed by atoms with Gasteiger partial charge in [0.15, 0.2) is 0 Å². The zero-order chi connectivity index (χ0) is 17.4. The molecular weight excluding hydrogens is 234 g/mol. The second-order valence-corrected chi connectivity index (χ2v) is 4.45. The lowest BCUT2D eigenvalue weighted by molar-refractivity contribution is 0.580. The maximum atomic E-state index is 7.98. The summed E-state index contributed by atoms with van der Waals surface area (Å²) in [6.45, 7) is -6.20. The van der Waals surface area contributed by atoms with E-state index in [2.05, 4.69) is 15.9 Å². The van der Waals surface area contributed by atoms with E-state index in [0.29, 0.717) is 8.69 Å². The molecule has 0 amide bonds.